The van der Waals surface area contributed by atoms with E-state index < -0.39 is 0 Å². The molecule has 0 N–H and O–H groups in total. The topological polar surface area (TPSA) is 25.3 Å². The standard InChI is InChI=1S/C46H72N2/c1-5-8-11-13-14-15-16-17-18-19-20-21-22-23-24-25-27-33-43-44(32-26-12-9-6-2)46(42-31-28-30-40(38-42)29-10-7-3)48(47)45(43)41-36-34-39(4)35-37-41/h28,30-31,34-38H,5-27,29,32-33H2,1-4H3. The highest BCUT2D eigenvalue weighted by molar-refractivity contribution is 5.82. The zero-order valence-corrected chi connectivity index (χ0v) is 31.9. The van der Waals surface area contributed by atoms with E-state index in [1.165, 1.54) is 176 Å². The molecule has 0 amide bonds. The summed E-state index contributed by atoms with van der Waals surface area (Å²) in [6, 6.07) is 17.8. The predicted molar refractivity (Wildman–Crippen MR) is 211 cm³/mol. The van der Waals surface area contributed by atoms with E-state index in [0.29, 0.717) is 0 Å². The molecule has 0 aromatic heterocycles. The lowest BCUT2D eigenvalue weighted by Gasteiger charge is -2.11. The highest BCUT2D eigenvalue weighted by Crippen LogP contribution is 2.44. The van der Waals surface area contributed by atoms with Crippen molar-refractivity contribution in [2.75, 3.05) is 0 Å². The summed E-state index contributed by atoms with van der Waals surface area (Å²) in [5.41, 5.74) is 21.7. The predicted octanol–water partition coefficient (Wildman–Crippen LogP) is 15.5. The summed E-state index contributed by atoms with van der Waals surface area (Å²) in [4.78, 5) is 0. The van der Waals surface area contributed by atoms with Crippen LogP contribution in [-0.2, 0) is 6.42 Å². The first-order valence-electron chi connectivity index (χ1n) is 20.7. The van der Waals surface area contributed by atoms with E-state index in [1.807, 2.05) is 0 Å². The molecule has 1 aliphatic heterocycles. The molecule has 2 aromatic carbocycles. The van der Waals surface area contributed by atoms with Crippen LogP contribution in [0, 0.1) is 6.92 Å². The van der Waals surface area contributed by atoms with Gasteiger partial charge in [0.15, 0.2) is 0 Å². The minimum atomic E-state index is 1.02. The van der Waals surface area contributed by atoms with Gasteiger partial charge < -0.3 is 5.53 Å². The van der Waals surface area contributed by atoms with Crippen molar-refractivity contribution in [1.29, 1.82) is 0 Å². The van der Waals surface area contributed by atoms with Gasteiger partial charge in [-0.1, -0.05) is 179 Å². The van der Waals surface area contributed by atoms with Crippen LogP contribution in [0.2, 0.25) is 0 Å². The van der Waals surface area contributed by atoms with Gasteiger partial charge in [-0.2, -0.15) is 0 Å². The molecule has 1 aliphatic rings. The summed E-state index contributed by atoms with van der Waals surface area (Å²) in [6.45, 7) is 8.99. The van der Waals surface area contributed by atoms with Crippen molar-refractivity contribution in [3.8, 4) is 0 Å². The molecular weight excluding hydrogens is 581 g/mol. The maximum absolute atomic E-state index is 12.0. The van der Waals surface area contributed by atoms with E-state index in [-0.39, 0.29) is 0 Å². The normalized spacial score (nSPS) is 13.4. The summed E-state index contributed by atoms with van der Waals surface area (Å²) >= 11 is 0. The average molecular weight is 653 g/mol. The lowest BCUT2D eigenvalue weighted by atomic mass is 9.91. The molecule has 0 atom stereocenters. The zero-order valence-electron chi connectivity index (χ0n) is 31.9. The van der Waals surface area contributed by atoms with Crippen molar-refractivity contribution in [2.45, 2.75) is 195 Å². The monoisotopic (exact) mass is 653 g/mol. The summed E-state index contributed by atoms with van der Waals surface area (Å²) < 4.78 is 1.57. The second kappa shape index (κ2) is 24.6. The van der Waals surface area contributed by atoms with Gasteiger partial charge in [-0.05, 0) is 75.3 Å². The van der Waals surface area contributed by atoms with Gasteiger partial charge in [0.2, 0.25) is 11.4 Å². The quantitative estimate of drug-likeness (QED) is 0.0646. The molecule has 0 bridgehead atoms. The Labute approximate surface area is 297 Å². The van der Waals surface area contributed by atoms with Crippen molar-refractivity contribution in [3.63, 3.8) is 0 Å². The number of allylic oxidation sites excluding steroid dienone is 2. The third kappa shape index (κ3) is 14.2. The molecule has 266 valence electrons. The Kier molecular flexibility index (Phi) is 20.5. The summed E-state index contributed by atoms with van der Waals surface area (Å²) in [6.07, 6.45) is 34.2. The summed E-state index contributed by atoms with van der Waals surface area (Å²) in [5.74, 6) is 0. The van der Waals surface area contributed by atoms with Crippen LogP contribution in [0.15, 0.2) is 59.7 Å². The van der Waals surface area contributed by atoms with E-state index in [0.717, 1.165) is 36.2 Å². The lowest BCUT2D eigenvalue weighted by molar-refractivity contribution is -0.345. The van der Waals surface area contributed by atoms with Gasteiger partial charge >= 0.3 is 0 Å². The Hall–Kier alpha value is -2.48. The molecule has 0 saturated heterocycles. The lowest BCUT2D eigenvalue weighted by Crippen LogP contribution is -2.03. The summed E-state index contributed by atoms with van der Waals surface area (Å²) in [7, 11) is 0. The van der Waals surface area contributed by atoms with Gasteiger partial charge in [-0.25, -0.2) is 4.70 Å². The number of rotatable bonds is 28. The smallest absolute Gasteiger partial charge is 0.211 e. The number of hydrogen-bond acceptors (Lipinski definition) is 0. The molecule has 3 rings (SSSR count). The number of benzene rings is 2. The Morgan fingerprint density at radius 1 is 0.438 bits per heavy atom. The molecular formula is C46H72N2. The van der Waals surface area contributed by atoms with Crippen molar-refractivity contribution in [3.05, 3.63) is 87.5 Å². The van der Waals surface area contributed by atoms with E-state index in [1.54, 1.807) is 4.70 Å². The van der Waals surface area contributed by atoms with Crippen molar-refractivity contribution in [2.24, 2.45) is 0 Å². The average Bonchev–Trinajstić information content (AvgIpc) is 3.37. The first-order chi connectivity index (χ1) is 23.6. The van der Waals surface area contributed by atoms with Gasteiger partial charge in [-0.3, -0.25) is 0 Å². The number of aryl methyl sites for hydroxylation is 2. The largest absolute Gasteiger partial charge is 0.493 e. The molecule has 1 heterocycles. The van der Waals surface area contributed by atoms with Crippen LogP contribution < -0.4 is 0 Å². The van der Waals surface area contributed by atoms with E-state index >= 15 is 0 Å². The minimum Gasteiger partial charge on any atom is -0.493 e. The van der Waals surface area contributed by atoms with Crippen LogP contribution >= 0.6 is 0 Å². The molecule has 48 heavy (non-hydrogen) atoms. The third-order valence-corrected chi connectivity index (χ3v) is 10.5. The second-order valence-electron chi connectivity index (χ2n) is 14.9. The molecule has 0 saturated carbocycles. The highest BCUT2D eigenvalue weighted by atomic mass is 15.2. The fourth-order valence-electron chi connectivity index (χ4n) is 7.51. The Bertz CT molecular complexity index is 1230. The Morgan fingerprint density at radius 3 is 1.33 bits per heavy atom. The second-order valence-corrected chi connectivity index (χ2v) is 14.9. The number of hydrogen-bond donors (Lipinski definition) is 0. The molecule has 2 aromatic rings. The van der Waals surface area contributed by atoms with E-state index in [2.05, 4.69) is 76.2 Å². The molecule has 0 spiro atoms. The molecule has 0 aliphatic carbocycles. The van der Waals surface area contributed by atoms with Gasteiger partial charge in [0.05, 0.1) is 0 Å². The zero-order chi connectivity index (χ0) is 34.2. The van der Waals surface area contributed by atoms with E-state index in [9.17, 15) is 5.53 Å². The van der Waals surface area contributed by atoms with Crippen LogP contribution in [0.4, 0.5) is 0 Å². The van der Waals surface area contributed by atoms with Crippen LogP contribution in [0.3, 0.4) is 0 Å². The van der Waals surface area contributed by atoms with Gasteiger partial charge in [-0.15, -0.1) is 0 Å². The maximum Gasteiger partial charge on any atom is 0.211 e. The van der Waals surface area contributed by atoms with Gasteiger partial charge in [0.25, 0.3) is 0 Å². The number of nitrogens with zero attached hydrogens (tertiary/aromatic N) is 2. The van der Waals surface area contributed by atoms with Crippen LogP contribution in [0.1, 0.15) is 204 Å². The SMILES string of the molecule is CCCCCCCCCCCCCCCCCCCC1=C(c2ccc(C)cc2)[N+](=[N-])C(c2cccc(CCCC)c2)=C1CCCCCC. The number of unbranched alkanes of at least 4 members (excludes halogenated alkanes) is 20. The maximum atomic E-state index is 12.0. The molecule has 0 unspecified atom stereocenters. The molecule has 2 nitrogen and oxygen atoms in total. The third-order valence-electron chi connectivity index (χ3n) is 10.5. The van der Waals surface area contributed by atoms with Crippen molar-refractivity contribution < 1.29 is 4.70 Å². The Balaban J connectivity index is 1.57. The highest BCUT2D eigenvalue weighted by Gasteiger charge is 2.35. The van der Waals surface area contributed by atoms with Crippen LogP contribution in [0.5, 0.6) is 0 Å². The Morgan fingerprint density at radius 2 is 0.854 bits per heavy atom. The van der Waals surface area contributed by atoms with Crippen molar-refractivity contribution in [1.82, 2.24) is 0 Å². The van der Waals surface area contributed by atoms with Crippen LogP contribution in [0.25, 0.3) is 16.9 Å². The van der Waals surface area contributed by atoms with Crippen molar-refractivity contribution >= 4 is 11.4 Å². The fourth-order valence-corrected chi connectivity index (χ4v) is 7.51. The van der Waals surface area contributed by atoms with Gasteiger partial charge in [0, 0.05) is 22.3 Å². The molecule has 2 heteroatoms. The van der Waals surface area contributed by atoms with E-state index in [4.69, 9.17) is 0 Å². The summed E-state index contributed by atoms with van der Waals surface area (Å²) in [5, 5.41) is 0. The first kappa shape index (κ1) is 40.0. The molecule has 0 radical (unpaired) electrons. The minimum absolute atomic E-state index is 1.02. The van der Waals surface area contributed by atoms with Crippen LogP contribution in [-0.4, -0.2) is 4.70 Å². The van der Waals surface area contributed by atoms with Gasteiger partial charge in [0.1, 0.15) is 0 Å². The fraction of sp³-hybridized carbons (Fsp3) is 0.652. The molecule has 0 fully saturated rings. The first-order valence-corrected chi connectivity index (χ1v) is 20.7.